The Kier molecular flexibility index (Phi) is 3.16. The molecule has 2 heterocycles. The van der Waals surface area contributed by atoms with Crippen molar-refractivity contribution in [2.45, 2.75) is 25.2 Å². The number of anilines is 1. The molecule has 2 aromatic rings. The highest BCUT2D eigenvalue weighted by molar-refractivity contribution is 7.15. The van der Waals surface area contributed by atoms with Crippen LogP contribution in [0, 0.1) is 0 Å². The second-order valence-electron chi connectivity index (χ2n) is 4.28. The van der Waals surface area contributed by atoms with Gasteiger partial charge in [-0.2, -0.15) is 4.98 Å². The molecule has 2 aromatic heterocycles. The Hall–Kier alpha value is -1.96. The predicted molar refractivity (Wildman–Crippen MR) is 67.3 cm³/mol. The highest BCUT2D eigenvalue weighted by Gasteiger charge is 2.32. The molecule has 100 valence electrons. The first-order valence-corrected chi connectivity index (χ1v) is 6.77. The number of aryl methyl sites for hydroxylation is 1. The molecule has 1 aliphatic carbocycles. The van der Waals surface area contributed by atoms with Crippen molar-refractivity contribution in [2.75, 3.05) is 11.9 Å². The third-order valence-electron chi connectivity index (χ3n) is 3.05. The van der Waals surface area contributed by atoms with E-state index >= 15 is 0 Å². The first-order chi connectivity index (χ1) is 9.24. The normalized spacial score (nSPS) is 17.4. The number of nitrogens with zero attached hydrogens (tertiary/aromatic N) is 3. The van der Waals surface area contributed by atoms with Crippen LogP contribution in [0.4, 0.5) is 5.13 Å². The van der Waals surface area contributed by atoms with E-state index in [9.17, 15) is 4.79 Å². The Labute approximate surface area is 112 Å². The van der Waals surface area contributed by atoms with Gasteiger partial charge in [-0.05, 0) is 12.8 Å². The molecule has 19 heavy (non-hydrogen) atoms. The van der Waals surface area contributed by atoms with Gasteiger partial charge in [0.2, 0.25) is 6.39 Å². The third-order valence-corrected chi connectivity index (χ3v) is 4.14. The smallest absolute Gasteiger partial charge is 0.312 e. The molecule has 3 rings (SSSR count). The van der Waals surface area contributed by atoms with Gasteiger partial charge in [-0.1, -0.05) is 5.16 Å². The van der Waals surface area contributed by atoms with Crippen LogP contribution in [0.15, 0.2) is 10.9 Å². The van der Waals surface area contributed by atoms with Crippen LogP contribution >= 0.6 is 11.3 Å². The molecule has 0 saturated heterocycles. The van der Waals surface area contributed by atoms with Crippen LogP contribution in [0.2, 0.25) is 0 Å². The molecular formula is C11H12N4O3S. The van der Waals surface area contributed by atoms with Crippen molar-refractivity contribution in [1.82, 2.24) is 15.1 Å². The zero-order valence-corrected chi connectivity index (χ0v) is 10.8. The van der Waals surface area contributed by atoms with Crippen molar-refractivity contribution in [2.24, 2.45) is 0 Å². The maximum Gasteiger partial charge on any atom is 0.312 e. The first-order valence-electron chi connectivity index (χ1n) is 5.95. The molecule has 1 aliphatic rings. The average Bonchev–Trinajstić information content (AvgIpc) is 3.03. The molecule has 1 atom stereocenters. The molecule has 7 nitrogen and oxygen atoms in total. The Morgan fingerprint density at radius 3 is 3.26 bits per heavy atom. The summed E-state index contributed by atoms with van der Waals surface area (Å²) in [4.78, 5) is 20.4. The van der Waals surface area contributed by atoms with Gasteiger partial charge in [0, 0.05) is 17.8 Å². The zero-order chi connectivity index (χ0) is 13.2. The largest absolute Gasteiger partial charge is 0.481 e. The average molecular weight is 280 g/mol. The van der Waals surface area contributed by atoms with Gasteiger partial charge in [-0.25, -0.2) is 4.98 Å². The number of carboxylic acids is 1. The lowest BCUT2D eigenvalue weighted by Crippen LogP contribution is -2.09. The number of nitrogens with one attached hydrogen (secondary N) is 1. The van der Waals surface area contributed by atoms with Crippen LogP contribution in [0.3, 0.4) is 0 Å². The molecule has 8 heteroatoms. The van der Waals surface area contributed by atoms with Gasteiger partial charge in [0.25, 0.3) is 0 Å². The Balaban J connectivity index is 1.61. The van der Waals surface area contributed by atoms with Gasteiger partial charge in [-0.15, -0.1) is 11.3 Å². The number of carboxylic acid groups (broad SMARTS) is 1. The summed E-state index contributed by atoms with van der Waals surface area (Å²) in [7, 11) is 0. The Bertz CT molecular complexity index is 581. The molecule has 0 bridgehead atoms. The Morgan fingerprint density at radius 2 is 2.53 bits per heavy atom. The van der Waals surface area contributed by atoms with Crippen LogP contribution in [0.1, 0.15) is 28.7 Å². The number of thiazole rings is 1. The van der Waals surface area contributed by atoms with E-state index in [1.807, 2.05) is 0 Å². The zero-order valence-electron chi connectivity index (χ0n) is 10.00. The van der Waals surface area contributed by atoms with Crippen molar-refractivity contribution in [3.8, 4) is 0 Å². The second kappa shape index (κ2) is 4.96. The molecule has 1 unspecified atom stereocenters. The predicted octanol–water partition coefficient (Wildman–Crippen LogP) is 1.30. The molecule has 0 spiro atoms. The van der Waals surface area contributed by atoms with E-state index in [0.717, 1.165) is 22.1 Å². The number of hydrogen-bond acceptors (Lipinski definition) is 7. The summed E-state index contributed by atoms with van der Waals surface area (Å²) in [6, 6.07) is 0. The third kappa shape index (κ3) is 2.43. The van der Waals surface area contributed by atoms with Crippen molar-refractivity contribution in [1.29, 1.82) is 0 Å². The monoisotopic (exact) mass is 280 g/mol. The molecule has 0 radical (unpaired) electrons. The number of carbonyl (C=O) groups is 1. The minimum atomic E-state index is -0.789. The van der Waals surface area contributed by atoms with Crippen LogP contribution in [-0.4, -0.2) is 32.7 Å². The van der Waals surface area contributed by atoms with E-state index in [2.05, 4.69) is 25.0 Å². The van der Waals surface area contributed by atoms with E-state index < -0.39 is 11.9 Å². The topological polar surface area (TPSA) is 101 Å². The lowest BCUT2D eigenvalue weighted by Gasteiger charge is -2.02. The van der Waals surface area contributed by atoms with Crippen LogP contribution in [-0.2, 0) is 17.6 Å². The number of aromatic nitrogens is 3. The minimum absolute atomic E-state index is 0.445. The molecule has 0 fully saturated rings. The fourth-order valence-corrected chi connectivity index (χ4v) is 3.19. The van der Waals surface area contributed by atoms with Gasteiger partial charge in [0.1, 0.15) is 5.92 Å². The maximum absolute atomic E-state index is 11.1. The summed E-state index contributed by atoms with van der Waals surface area (Å²) in [6.07, 6.45) is 3.40. The van der Waals surface area contributed by atoms with Crippen LogP contribution in [0.5, 0.6) is 0 Å². The van der Waals surface area contributed by atoms with Gasteiger partial charge in [0.05, 0.1) is 5.69 Å². The van der Waals surface area contributed by atoms with Crippen LogP contribution < -0.4 is 5.32 Å². The van der Waals surface area contributed by atoms with Crippen molar-refractivity contribution >= 4 is 22.4 Å². The van der Waals surface area contributed by atoms with E-state index in [4.69, 9.17) is 5.11 Å². The first kappa shape index (κ1) is 12.1. The fourth-order valence-electron chi connectivity index (χ4n) is 2.13. The number of rotatable bonds is 5. The summed E-state index contributed by atoms with van der Waals surface area (Å²) < 4.78 is 4.64. The summed E-state index contributed by atoms with van der Waals surface area (Å²) in [6.45, 7) is 0.643. The molecular weight excluding hydrogens is 268 g/mol. The van der Waals surface area contributed by atoms with Crippen molar-refractivity contribution in [3.63, 3.8) is 0 Å². The molecule has 0 amide bonds. The van der Waals surface area contributed by atoms with E-state index in [-0.39, 0.29) is 0 Å². The Morgan fingerprint density at radius 1 is 1.63 bits per heavy atom. The minimum Gasteiger partial charge on any atom is -0.481 e. The van der Waals surface area contributed by atoms with Gasteiger partial charge >= 0.3 is 5.97 Å². The SMILES string of the molecule is O=C(O)C1CCc2sc(NCCc3ncon3)nc21. The molecule has 0 aliphatic heterocycles. The summed E-state index contributed by atoms with van der Waals surface area (Å²) in [5.74, 6) is -0.596. The highest BCUT2D eigenvalue weighted by atomic mass is 32.1. The molecule has 2 N–H and O–H groups in total. The van der Waals surface area contributed by atoms with E-state index in [1.165, 1.54) is 17.7 Å². The van der Waals surface area contributed by atoms with E-state index in [0.29, 0.717) is 25.2 Å². The van der Waals surface area contributed by atoms with Crippen molar-refractivity contribution in [3.05, 3.63) is 22.8 Å². The fraction of sp³-hybridized carbons (Fsp3) is 0.455. The molecule has 0 aromatic carbocycles. The van der Waals surface area contributed by atoms with Crippen molar-refractivity contribution < 1.29 is 14.4 Å². The molecule has 0 saturated carbocycles. The maximum atomic E-state index is 11.1. The van der Waals surface area contributed by atoms with E-state index in [1.54, 1.807) is 0 Å². The van der Waals surface area contributed by atoms with Gasteiger partial charge in [0.15, 0.2) is 11.0 Å². The number of fused-ring (bicyclic) bond motifs is 1. The second-order valence-corrected chi connectivity index (χ2v) is 5.36. The quantitative estimate of drug-likeness (QED) is 0.851. The highest BCUT2D eigenvalue weighted by Crippen LogP contribution is 2.38. The number of aliphatic carboxylic acids is 1. The lowest BCUT2D eigenvalue weighted by molar-refractivity contribution is -0.138. The van der Waals surface area contributed by atoms with Gasteiger partial charge < -0.3 is 14.9 Å². The summed E-state index contributed by atoms with van der Waals surface area (Å²) in [5, 5.41) is 16.7. The standard InChI is InChI=1S/C11H12N4O3S/c16-10(17)6-1-2-7-9(6)14-11(19-7)12-4-3-8-13-5-18-15-8/h5-6H,1-4H2,(H,12,14)(H,16,17). The summed E-state index contributed by atoms with van der Waals surface area (Å²) >= 11 is 1.53. The van der Waals surface area contributed by atoms with Crippen LogP contribution in [0.25, 0.3) is 0 Å². The summed E-state index contributed by atoms with van der Waals surface area (Å²) in [5.41, 5.74) is 0.722. The lowest BCUT2D eigenvalue weighted by atomic mass is 10.1. The number of hydrogen-bond donors (Lipinski definition) is 2. The van der Waals surface area contributed by atoms with Gasteiger partial charge in [-0.3, -0.25) is 4.79 Å².